The third kappa shape index (κ3) is 4.76. The van der Waals surface area contributed by atoms with E-state index < -0.39 is 28.4 Å². The van der Waals surface area contributed by atoms with E-state index in [-0.39, 0.29) is 23.8 Å². The molecule has 0 aliphatic heterocycles. The van der Waals surface area contributed by atoms with E-state index in [2.05, 4.69) is 14.2 Å². The quantitative estimate of drug-likeness (QED) is 0.666. The number of aliphatic carboxylic acids is 1. The minimum Gasteiger partial charge on any atom is -0.494 e. The summed E-state index contributed by atoms with van der Waals surface area (Å²) in [5, 5.41) is 8.31. The second-order valence-electron chi connectivity index (χ2n) is 3.64. The Labute approximate surface area is 115 Å². The Hall–Kier alpha value is -1.71. The number of benzene rings is 1. The molecular weight excluding hydrogens is 293 g/mol. The third-order valence-corrected chi connectivity index (χ3v) is 3.66. The van der Waals surface area contributed by atoms with Gasteiger partial charge in [-0.2, -0.15) is 0 Å². The van der Waals surface area contributed by atoms with Crippen LogP contribution in [0.4, 0.5) is 4.39 Å². The normalized spacial score (nSPS) is 11.3. The van der Waals surface area contributed by atoms with Crippen LogP contribution in [0.3, 0.4) is 0 Å². The van der Waals surface area contributed by atoms with Gasteiger partial charge in [-0.1, -0.05) is 0 Å². The Bertz CT molecular complexity index is 574. The highest BCUT2D eigenvalue weighted by Crippen LogP contribution is 2.20. The summed E-state index contributed by atoms with van der Waals surface area (Å²) in [6.07, 6.45) is 0. The number of halogens is 1. The summed E-state index contributed by atoms with van der Waals surface area (Å²) in [5.41, 5.74) is 0. The second-order valence-corrected chi connectivity index (χ2v) is 5.41. The Kier molecular flexibility index (Phi) is 5.86. The van der Waals surface area contributed by atoms with Crippen LogP contribution in [-0.2, 0) is 19.6 Å². The van der Waals surface area contributed by atoms with Gasteiger partial charge in [-0.3, -0.25) is 0 Å². The van der Waals surface area contributed by atoms with Crippen LogP contribution in [-0.4, -0.2) is 46.4 Å². The average Bonchev–Trinajstić information content (AvgIpc) is 2.37. The number of carbonyl (C=O) groups is 1. The van der Waals surface area contributed by atoms with Crippen LogP contribution >= 0.6 is 0 Å². The van der Waals surface area contributed by atoms with Crippen molar-refractivity contribution in [3.05, 3.63) is 24.0 Å². The maximum atomic E-state index is 13.4. The lowest BCUT2D eigenvalue weighted by Gasteiger charge is -2.08. The number of hydrogen-bond donors (Lipinski definition) is 2. The molecule has 0 aromatic heterocycles. The average molecular weight is 307 g/mol. The van der Waals surface area contributed by atoms with Crippen molar-refractivity contribution < 1.29 is 32.2 Å². The zero-order chi connectivity index (χ0) is 15.2. The van der Waals surface area contributed by atoms with Gasteiger partial charge in [0.2, 0.25) is 10.0 Å². The summed E-state index contributed by atoms with van der Waals surface area (Å²) in [7, 11) is -2.61. The number of methoxy groups -OCH3 is 1. The molecule has 0 atom stereocenters. The topological polar surface area (TPSA) is 102 Å². The van der Waals surface area contributed by atoms with Gasteiger partial charge in [-0.25, -0.2) is 22.3 Å². The monoisotopic (exact) mass is 307 g/mol. The van der Waals surface area contributed by atoms with Crippen LogP contribution in [0.2, 0.25) is 0 Å². The first-order valence-electron chi connectivity index (χ1n) is 5.49. The van der Waals surface area contributed by atoms with E-state index in [9.17, 15) is 17.6 Å². The summed E-state index contributed by atoms with van der Waals surface area (Å²) >= 11 is 0. The smallest absolute Gasteiger partial charge is 0.329 e. The van der Waals surface area contributed by atoms with E-state index in [0.717, 1.165) is 6.07 Å². The fourth-order valence-corrected chi connectivity index (χ4v) is 2.33. The Morgan fingerprint density at radius 2 is 2.15 bits per heavy atom. The number of nitrogens with one attached hydrogen (secondary N) is 1. The van der Waals surface area contributed by atoms with Crippen LogP contribution < -0.4 is 9.46 Å². The number of carboxylic acids is 1. The molecule has 0 unspecified atom stereocenters. The van der Waals surface area contributed by atoms with E-state index in [0.29, 0.717) is 0 Å². The molecule has 0 bridgehead atoms. The molecule has 7 nitrogen and oxygen atoms in total. The van der Waals surface area contributed by atoms with E-state index in [1.165, 1.54) is 19.2 Å². The number of ether oxygens (including phenoxy) is 2. The van der Waals surface area contributed by atoms with E-state index >= 15 is 0 Å². The third-order valence-electron chi connectivity index (χ3n) is 2.20. The molecule has 0 saturated heterocycles. The van der Waals surface area contributed by atoms with Gasteiger partial charge in [0.1, 0.15) is 6.61 Å². The molecule has 112 valence electrons. The molecular formula is C11H14FNO6S. The minimum atomic E-state index is -3.88. The van der Waals surface area contributed by atoms with E-state index in [4.69, 9.17) is 5.11 Å². The second kappa shape index (κ2) is 7.17. The van der Waals surface area contributed by atoms with Crippen molar-refractivity contribution in [3.8, 4) is 5.75 Å². The molecule has 0 spiro atoms. The predicted octanol–water partition coefficient (Wildman–Crippen LogP) is 0.214. The molecule has 1 aromatic carbocycles. The van der Waals surface area contributed by atoms with Gasteiger partial charge in [-0.05, 0) is 18.2 Å². The van der Waals surface area contributed by atoms with Gasteiger partial charge in [0, 0.05) is 6.54 Å². The number of hydrogen-bond acceptors (Lipinski definition) is 5. The molecule has 0 radical (unpaired) electrons. The van der Waals surface area contributed by atoms with Crippen LogP contribution in [0, 0.1) is 5.82 Å². The van der Waals surface area contributed by atoms with Crippen molar-refractivity contribution >= 4 is 16.0 Å². The molecule has 1 rings (SSSR count). The van der Waals surface area contributed by atoms with Crippen molar-refractivity contribution in [1.29, 1.82) is 0 Å². The molecule has 2 N–H and O–H groups in total. The van der Waals surface area contributed by atoms with Crippen LogP contribution in [0.25, 0.3) is 0 Å². The highest BCUT2D eigenvalue weighted by molar-refractivity contribution is 7.89. The highest BCUT2D eigenvalue weighted by atomic mass is 32.2. The maximum Gasteiger partial charge on any atom is 0.329 e. The first kappa shape index (κ1) is 16.3. The van der Waals surface area contributed by atoms with Gasteiger partial charge in [-0.15, -0.1) is 0 Å². The van der Waals surface area contributed by atoms with Crippen molar-refractivity contribution in [2.24, 2.45) is 0 Å². The molecule has 0 heterocycles. The standard InChI is InChI=1S/C11H14FNO6S/c1-18-10-3-2-8(6-9(10)12)20(16,17)13-4-5-19-7-11(14)15/h2-3,6,13H,4-5,7H2,1H3,(H,14,15). The summed E-state index contributed by atoms with van der Waals surface area (Å²) in [5.74, 6) is -2.00. The van der Waals surface area contributed by atoms with Crippen molar-refractivity contribution in [2.75, 3.05) is 26.9 Å². The molecule has 0 aliphatic rings. The van der Waals surface area contributed by atoms with Gasteiger partial charge in [0.25, 0.3) is 0 Å². The van der Waals surface area contributed by atoms with Gasteiger partial charge in [0.05, 0.1) is 18.6 Å². The van der Waals surface area contributed by atoms with Crippen molar-refractivity contribution in [1.82, 2.24) is 4.72 Å². The molecule has 0 aliphatic carbocycles. The fourth-order valence-electron chi connectivity index (χ4n) is 1.31. The summed E-state index contributed by atoms with van der Waals surface area (Å²) in [4.78, 5) is 9.91. The molecule has 0 amide bonds. The largest absolute Gasteiger partial charge is 0.494 e. The number of sulfonamides is 1. The minimum absolute atomic E-state index is 0.0614. The van der Waals surface area contributed by atoms with Crippen molar-refractivity contribution in [2.45, 2.75) is 4.90 Å². The first-order valence-corrected chi connectivity index (χ1v) is 6.98. The molecule has 9 heteroatoms. The number of rotatable bonds is 8. The lowest BCUT2D eigenvalue weighted by atomic mass is 10.3. The lowest BCUT2D eigenvalue weighted by Crippen LogP contribution is -2.28. The fraction of sp³-hybridized carbons (Fsp3) is 0.364. The zero-order valence-corrected chi connectivity index (χ0v) is 11.4. The van der Waals surface area contributed by atoms with E-state index in [1.807, 2.05) is 0 Å². The highest BCUT2D eigenvalue weighted by Gasteiger charge is 2.16. The van der Waals surface area contributed by atoms with Crippen LogP contribution in [0.5, 0.6) is 5.75 Å². The van der Waals surface area contributed by atoms with Gasteiger partial charge in [0.15, 0.2) is 11.6 Å². The first-order chi connectivity index (χ1) is 9.36. The van der Waals surface area contributed by atoms with Gasteiger partial charge < -0.3 is 14.6 Å². The van der Waals surface area contributed by atoms with E-state index in [1.54, 1.807) is 0 Å². The Morgan fingerprint density at radius 3 is 2.70 bits per heavy atom. The molecule has 0 saturated carbocycles. The summed E-state index contributed by atoms with van der Waals surface area (Å²) in [6, 6.07) is 3.23. The molecule has 1 aromatic rings. The van der Waals surface area contributed by atoms with Crippen molar-refractivity contribution in [3.63, 3.8) is 0 Å². The lowest BCUT2D eigenvalue weighted by molar-refractivity contribution is -0.142. The SMILES string of the molecule is COc1ccc(S(=O)(=O)NCCOCC(=O)O)cc1F. The maximum absolute atomic E-state index is 13.4. The zero-order valence-electron chi connectivity index (χ0n) is 10.6. The van der Waals surface area contributed by atoms with Crippen LogP contribution in [0.1, 0.15) is 0 Å². The van der Waals surface area contributed by atoms with Gasteiger partial charge >= 0.3 is 5.97 Å². The summed E-state index contributed by atoms with van der Waals surface area (Å²) < 4.78 is 48.5. The molecule has 20 heavy (non-hydrogen) atoms. The number of carboxylic acid groups (broad SMARTS) is 1. The predicted molar refractivity (Wildman–Crippen MR) is 66.6 cm³/mol. The Balaban J connectivity index is 2.60. The Morgan fingerprint density at radius 1 is 1.45 bits per heavy atom. The summed E-state index contributed by atoms with van der Waals surface area (Å²) in [6.45, 7) is -0.744. The van der Waals surface area contributed by atoms with Crippen LogP contribution in [0.15, 0.2) is 23.1 Å². The molecule has 0 fully saturated rings.